The van der Waals surface area contributed by atoms with Gasteiger partial charge in [-0.1, -0.05) is 34.4 Å². The van der Waals surface area contributed by atoms with E-state index in [9.17, 15) is 39.0 Å². The highest BCUT2D eigenvalue weighted by molar-refractivity contribution is 5.95. The second-order valence-electron chi connectivity index (χ2n) is 9.48. The second kappa shape index (κ2) is 8.99. The van der Waals surface area contributed by atoms with Crippen LogP contribution in [0.15, 0.2) is 0 Å². The summed E-state index contributed by atoms with van der Waals surface area (Å²) in [6.45, 7) is -10.3. The first-order chi connectivity index (χ1) is 20.4. The molecule has 2 heterocycles. The Labute approximate surface area is 217 Å². The molecule has 3 fully saturated rings. The fourth-order valence-corrected chi connectivity index (χ4v) is 4.70. The number of hydrogen-bond acceptors (Lipinski definition) is 5. The van der Waals surface area contributed by atoms with E-state index in [2.05, 4.69) is 5.32 Å². The minimum absolute atomic E-state index is 0.183. The predicted octanol–water partition coefficient (Wildman–Crippen LogP) is 1.10. The average Bonchev–Trinajstić information content (AvgIpc) is 3.11. The molecule has 1 saturated carbocycles. The van der Waals surface area contributed by atoms with Gasteiger partial charge in [0.25, 0.3) is 0 Å². The van der Waals surface area contributed by atoms with Crippen molar-refractivity contribution in [1.29, 1.82) is 5.26 Å². The predicted molar refractivity (Wildman–Crippen MR) is 117 cm³/mol. The number of rotatable bonds is 6. The van der Waals surface area contributed by atoms with E-state index >= 15 is 0 Å². The zero-order valence-electron chi connectivity index (χ0n) is 29.8. The topological polar surface area (TPSA) is 131 Å². The summed E-state index contributed by atoms with van der Waals surface area (Å²) in [4.78, 5) is 52.4. The van der Waals surface area contributed by atoms with Crippen LogP contribution in [-0.2, 0) is 19.2 Å². The van der Waals surface area contributed by atoms with Gasteiger partial charge < -0.3 is 20.9 Å². The Balaban J connectivity index is 2.20. The van der Waals surface area contributed by atoms with Gasteiger partial charge in [-0.05, 0) is 35.5 Å². The largest absolute Gasteiger partial charge is 0.471 e. The Hall–Kier alpha value is -2.84. The number of nitrogens with zero attached hydrogens (tertiary/aromatic N) is 2. The molecule has 0 aromatic heterocycles. The van der Waals surface area contributed by atoms with E-state index in [0.29, 0.717) is 0 Å². The van der Waals surface area contributed by atoms with Gasteiger partial charge in [-0.25, -0.2) is 0 Å². The molecule has 9 nitrogen and oxygen atoms in total. The van der Waals surface area contributed by atoms with Gasteiger partial charge in [0.1, 0.15) is 18.1 Å². The van der Waals surface area contributed by atoms with Crippen molar-refractivity contribution in [1.82, 2.24) is 20.9 Å². The first-order valence-corrected chi connectivity index (χ1v) is 10.7. The van der Waals surface area contributed by atoms with E-state index in [0.717, 1.165) is 5.32 Å². The van der Waals surface area contributed by atoms with Crippen LogP contribution in [-0.4, -0.2) is 65.9 Å². The van der Waals surface area contributed by atoms with Crippen LogP contribution in [0.1, 0.15) is 62.3 Å². The third kappa shape index (κ3) is 5.23. The van der Waals surface area contributed by atoms with Crippen LogP contribution in [0.3, 0.4) is 0 Å². The zero-order valence-corrected chi connectivity index (χ0v) is 18.8. The number of fused-ring (bicyclic) bond motifs is 1. The molecule has 3 rings (SSSR count). The van der Waals surface area contributed by atoms with Gasteiger partial charge in [-0.15, -0.1) is 0 Å². The summed E-state index contributed by atoms with van der Waals surface area (Å²) in [7, 11) is 0. The summed E-state index contributed by atoms with van der Waals surface area (Å²) in [5.74, 6) is -10.2. The first-order valence-electron chi connectivity index (χ1n) is 16.2. The maximum Gasteiger partial charge on any atom is 0.471 e. The molecule has 1 aliphatic carbocycles. The Morgan fingerprint density at radius 1 is 1.34 bits per heavy atom. The number of likely N-dealkylation sites (tertiary alicyclic amines) is 1. The molecule has 0 radical (unpaired) electrons. The van der Waals surface area contributed by atoms with Crippen LogP contribution >= 0.6 is 0 Å². The Morgan fingerprint density at radius 3 is 2.51 bits per heavy atom. The molecular formula is C23H32F3N5O4. The highest BCUT2D eigenvalue weighted by Crippen LogP contribution is 2.65. The van der Waals surface area contributed by atoms with E-state index in [4.69, 9.17) is 13.7 Å². The third-order valence-corrected chi connectivity index (χ3v) is 6.74. The summed E-state index contributed by atoms with van der Waals surface area (Å²) >= 11 is 0. The van der Waals surface area contributed by atoms with Crippen molar-refractivity contribution in [2.24, 2.45) is 28.6 Å². The number of carbonyl (C=O) groups excluding carboxylic acids is 4. The van der Waals surface area contributed by atoms with E-state index < -0.39 is 110 Å². The molecule has 12 heteroatoms. The standard InChI is InChI=1S/C23H32F3N5O4/c1-21(2,3)16(30-20(35)23(24,25)26)19(34)31-10-13-14(22(13,4)5)15(31)18(33)29-12(9-27)8-11-6-7-28-17(11)32/h11-16H,6-8,10H2,1-5H3,(H,28,32)(H,29,33)(H,30,35)/t11-,12-,13-,14-,15-,16?/m0/s1/i1D3,2D3,3D3,12D,15D. The molecular weight excluding hydrogens is 467 g/mol. The highest BCUT2D eigenvalue weighted by atomic mass is 19.4. The van der Waals surface area contributed by atoms with Gasteiger partial charge >= 0.3 is 12.1 Å². The lowest BCUT2D eigenvalue weighted by Crippen LogP contribution is -2.61. The van der Waals surface area contributed by atoms with Crippen LogP contribution < -0.4 is 16.0 Å². The van der Waals surface area contributed by atoms with Gasteiger partial charge in [-0.2, -0.15) is 18.4 Å². The SMILES string of the molecule is [2H]C([2H])([2H])C(C(NC(=O)C(F)(F)F)C(=O)N1C[C@H]2[C@H](C2(C)C)[C@@]1([2H])C(=O)N[C@]([2H])(C#N)C[C@@H]1CCNC1=O)(C([2H])([2H])[2H])C([2H])([2H])[2H]. The molecule has 6 atom stereocenters. The molecule has 0 aromatic rings. The average molecular weight is 511 g/mol. The number of piperidine rings is 1. The maximum atomic E-state index is 14.2. The smallest absolute Gasteiger partial charge is 0.356 e. The monoisotopic (exact) mass is 510 g/mol. The van der Waals surface area contributed by atoms with Crippen molar-refractivity contribution in [3.63, 3.8) is 0 Å². The highest BCUT2D eigenvalue weighted by Gasteiger charge is 2.70. The number of hydrogen-bond donors (Lipinski definition) is 3. The minimum Gasteiger partial charge on any atom is -0.356 e. The number of carbonyl (C=O) groups is 4. The van der Waals surface area contributed by atoms with Crippen molar-refractivity contribution in [2.75, 3.05) is 13.1 Å². The molecule has 2 aliphatic heterocycles. The quantitative estimate of drug-likeness (QED) is 0.492. The van der Waals surface area contributed by atoms with Crippen LogP contribution in [0, 0.1) is 39.9 Å². The van der Waals surface area contributed by atoms with Gasteiger partial charge in [0, 0.05) is 31.3 Å². The maximum absolute atomic E-state index is 14.2. The Bertz CT molecular complexity index is 1310. The van der Waals surface area contributed by atoms with Crippen molar-refractivity contribution >= 4 is 23.6 Å². The van der Waals surface area contributed by atoms with Gasteiger partial charge in [0.05, 0.1) is 8.81 Å². The lowest BCUT2D eigenvalue weighted by molar-refractivity contribution is -0.176. The molecule has 35 heavy (non-hydrogen) atoms. The molecule has 1 unspecified atom stereocenters. The van der Waals surface area contributed by atoms with Crippen molar-refractivity contribution in [2.45, 2.75) is 71.5 Å². The summed E-state index contributed by atoms with van der Waals surface area (Å²) in [5.41, 5.74) is -5.34. The number of nitrogens with one attached hydrogen (secondary N) is 3. The lowest BCUT2D eigenvalue weighted by Gasteiger charge is -2.37. The molecule has 0 aromatic carbocycles. The van der Waals surface area contributed by atoms with Gasteiger partial charge in [0.2, 0.25) is 17.7 Å². The van der Waals surface area contributed by atoms with Crippen molar-refractivity contribution < 1.29 is 47.4 Å². The van der Waals surface area contributed by atoms with Gasteiger partial charge in [0.15, 0.2) is 0 Å². The zero-order chi connectivity index (χ0) is 35.9. The lowest BCUT2D eigenvalue weighted by atomic mass is 9.85. The van der Waals surface area contributed by atoms with E-state index in [1.165, 1.54) is 6.07 Å². The van der Waals surface area contributed by atoms with Crippen molar-refractivity contribution in [3.8, 4) is 6.07 Å². The van der Waals surface area contributed by atoms with E-state index in [1.807, 2.05) is 5.32 Å². The third-order valence-electron chi connectivity index (χ3n) is 6.74. The molecule has 4 amide bonds. The van der Waals surface area contributed by atoms with Crippen LogP contribution in [0.5, 0.6) is 0 Å². The van der Waals surface area contributed by atoms with Gasteiger partial charge in [-0.3, -0.25) is 19.2 Å². The number of halogens is 3. The van der Waals surface area contributed by atoms with E-state index in [-0.39, 0.29) is 17.9 Å². The Kier molecular flexibility index (Phi) is 3.93. The van der Waals surface area contributed by atoms with Crippen LogP contribution in [0.2, 0.25) is 0 Å². The summed E-state index contributed by atoms with van der Waals surface area (Å²) in [6, 6.07) is -7.58. The summed E-state index contributed by atoms with van der Waals surface area (Å²) in [5, 5.41) is 15.2. The van der Waals surface area contributed by atoms with Crippen molar-refractivity contribution in [3.05, 3.63) is 0 Å². The molecule has 0 bridgehead atoms. The number of alkyl halides is 3. The summed E-state index contributed by atoms with van der Waals surface area (Å²) in [6.07, 6.45) is -6.27. The molecule has 3 N–H and O–H groups in total. The molecule has 3 aliphatic rings. The van der Waals surface area contributed by atoms with E-state index in [1.54, 1.807) is 13.8 Å². The molecule has 2 saturated heterocycles. The normalized spacial score (nSPS) is 37.6. The fourth-order valence-electron chi connectivity index (χ4n) is 4.70. The second-order valence-corrected chi connectivity index (χ2v) is 9.48. The molecule has 194 valence electrons. The minimum atomic E-state index is -5.88. The number of amides is 4. The van der Waals surface area contributed by atoms with Crippen LogP contribution in [0.4, 0.5) is 13.2 Å². The summed E-state index contributed by atoms with van der Waals surface area (Å²) < 4.78 is 129. The Morgan fingerprint density at radius 2 is 2.00 bits per heavy atom. The molecule has 0 spiro atoms. The number of nitriles is 1. The van der Waals surface area contributed by atoms with Crippen LogP contribution in [0.25, 0.3) is 0 Å². The first kappa shape index (κ1) is 15.3. The fraction of sp³-hybridized carbons (Fsp3) is 0.783.